The van der Waals surface area contributed by atoms with E-state index in [1.165, 1.54) is 11.0 Å². The Bertz CT molecular complexity index is 766. The molecule has 1 atom stereocenters. The highest BCUT2D eigenvalue weighted by atomic mass is 32.1. The van der Waals surface area contributed by atoms with Crippen molar-refractivity contribution < 1.29 is 4.79 Å². The van der Waals surface area contributed by atoms with Crippen molar-refractivity contribution in [2.45, 2.75) is 25.4 Å². The Hall–Kier alpha value is -2.35. The van der Waals surface area contributed by atoms with Crippen molar-refractivity contribution >= 4 is 27.5 Å². The van der Waals surface area contributed by atoms with Crippen molar-refractivity contribution in [1.29, 1.82) is 0 Å². The summed E-state index contributed by atoms with van der Waals surface area (Å²) in [6.45, 7) is 0.940. The van der Waals surface area contributed by atoms with E-state index < -0.39 is 0 Å². The zero-order chi connectivity index (χ0) is 14.9. The smallest absolute Gasteiger partial charge is 0.245 e. The van der Waals surface area contributed by atoms with E-state index in [1.54, 1.807) is 11.3 Å². The summed E-state index contributed by atoms with van der Waals surface area (Å²) < 4.78 is 2.62. The molecular formula is C14H14N6OS. The lowest BCUT2D eigenvalue weighted by atomic mass is 10.2. The third-order valence-electron chi connectivity index (χ3n) is 3.86. The van der Waals surface area contributed by atoms with Gasteiger partial charge in [0.05, 0.1) is 16.3 Å². The maximum Gasteiger partial charge on any atom is 0.245 e. The fraction of sp³-hybridized carbons (Fsp3) is 0.357. The molecule has 112 valence electrons. The molecule has 0 radical (unpaired) electrons. The van der Waals surface area contributed by atoms with Gasteiger partial charge in [0.1, 0.15) is 17.9 Å². The standard InChI is InChI=1S/C14H14N6OS/c21-13(8-19-9-15-17-18-19)20-7-3-5-11(20)14-16-10-4-1-2-6-12(10)22-14/h1-2,4,6,9,11H,3,5,7-8H2. The van der Waals surface area contributed by atoms with Gasteiger partial charge in [0, 0.05) is 6.54 Å². The van der Waals surface area contributed by atoms with E-state index in [0.717, 1.165) is 34.6 Å². The Morgan fingerprint density at radius 3 is 3.09 bits per heavy atom. The summed E-state index contributed by atoms with van der Waals surface area (Å²) in [4.78, 5) is 19.1. The van der Waals surface area contributed by atoms with Crippen LogP contribution in [-0.2, 0) is 11.3 Å². The average Bonchev–Trinajstić information content (AvgIpc) is 3.26. The minimum Gasteiger partial charge on any atom is -0.332 e. The number of likely N-dealkylation sites (tertiary alicyclic amines) is 1. The third kappa shape index (κ3) is 2.35. The van der Waals surface area contributed by atoms with Crippen molar-refractivity contribution in [3.05, 3.63) is 35.6 Å². The van der Waals surface area contributed by atoms with Gasteiger partial charge in [-0.05, 0) is 35.4 Å². The molecule has 0 aliphatic carbocycles. The number of rotatable bonds is 3. The minimum absolute atomic E-state index is 0.0362. The molecule has 0 N–H and O–H groups in total. The van der Waals surface area contributed by atoms with Crippen LogP contribution in [0.5, 0.6) is 0 Å². The number of thiazole rings is 1. The van der Waals surface area contributed by atoms with E-state index in [2.05, 4.69) is 21.6 Å². The van der Waals surface area contributed by atoms with Crippen molar-refractivity contribution in [2.75, 3.05) is 6.54 Å². The second-order valence-electron chi connectivity index (χ2n) is 5.27. The monoisotopic (exact) mass is 314 g/mol. The van der Waals surface area contributed by atoms with Crippen LogP contribution in [-0.4, -0.2) is 42.5 Å². The first-order chi connectivity index (χ1) is 10.8. The molecule has 7 nitrogen and oxygen atoms in total. The predicted octanol–water partition coefficient (Wildman–Crippen LogP) is 1.65. The van der Waals surface area contributed by atoms with Gasteiger partial charge in [-0.3, -0.25) is 4.79 Å². The minimum atomic E-state index is 0.0362. The second kappa shape index (κ2) is 5.45. The molecule has 1 saturated heterocycles. The number of aromatic nitrogens is 5. The Balaban J connectivity index is 1.58. The molecule has 1 aromatic carbocycles. The van der Waals surface area contributed by atoms with Crippen LogP contribution in [0.2, 0.25) is 0 Å². The molecule has 4 rings (SSSR count). The molecule has 1 amide bonds. The number of para-hydroxylation sites is 1. The van der Waals surface area contributed by atoms with Gasteiger partial charge < -0.3 is 4.90 Å². The molecule has 0 saturated carbocycles. The lowest BCUT2D eigenvalue weighted by molar-refractivity contribution is -0.133. The van der Waals surface area contributed by atoms with Crippen LogP contribution in [0.4, 0.5) is 0 Å². The van der Waals surface area contributed by atoms with Gasteiger partial charge >= 0.3 is 0 Å². The summed E-state index contributed by atoms with van der Waals surface area (Å²) in [5, 5.41) is 11.9. The van der Waals surface area contributed by atoms with Crippen LogP contribution in [0, 0.1) is 0 Å². The summed E-state index contributed by atoms with van der Waals surface area (Å²) >= 11 is 1.67. The molecule has 1 fully saturated rings. The van der Waals surface area contributed by atoms with E-state index in [-0.39, 0.29) is 18.5 Å². The highest BCUT2D eigenvalue weighted by molar-refractivity contribution is 7.18. The van der Waals surface area contributed by atoms with Crippen LogP contribution in [0.25, 0.3) is 10.2 Å². The molecule has 0 spiro atoms. The topological polar surface area (TPSA) is 76.8 Å². The average molecular weight is 314 g/mol. The maximum atomic E-state index is 12.5. The molecule has 2 aromatic heterocycles. The van der Waals surface area contributed by atoms with E-state index in [4.69, 9.17) is 4.98 Å². The first kappa shape index (κ1) is 13.3. The number of carbonyl (C=O) groups is 1. The summed E-state index contributed by atoms with van der Waals surface area (Å²) in [6, 6.07) is 8.15. The van der Waals surface area contributed by atoms with Crippen LogP contribution in [0.1, 0.15) is 23.9 Å². The van der Waals surface area contributed by atoms with Gasteiger partial charge in [0.2, 0.25) is 5.91 Å². The van der Waals surface area contributed by atoms with Crippen LogP contribution >= 0.6 is 11.3 Å². The number of tetrazole rings is 1. The number of carbonyl (C=O) groups excluding carboxylic acids is 1. The van der Waals surface area contributed by atoms with Crippen LogP contribution < -0.4 is 0 Å². The van der Waals surface area contributed by atoms with Gasteiger partial charge in [0.25, 0.3) is 0 Å². The quantitative estimate of drug-likeness (QED) is 0.734. The van der Waals surface area contributed by atoms with Crippen LogP contribution in [0.15, 0.2) is 30.6 Å². The van der Waals surface area contributed by atoms with Crippen molar-refractivity contribution in [1.82, 2.24) is 30.1 Å². The van der Waals surface area contributed by atoms with Gasteiger partial charge in [-0.1, -0.05) is 12.1 Å². The zero-order valence-corrected chi connectivity index (χ0v) is 12.6. The van der Waals surface area contributed by atoms with Crippen molar-refractivity contribution in [2.24, 2.45) is 0 Å². The fourth-order valence-electron chi connectivity index (χ4n) is 2.84. The Labute approximate surface area is 130 Å². The lowest BCUT2D eigenvalue weighted by Gasteiger charge is -2.22. The molecule has 1 unspecified atom stereocenters. The number of hydrogen-bond acceptors (Lipinski definition) is 6. The van der Waals surface area contributed by atoms with Crippen LogP contribution in [0.3, 0.4) is 0 Å². The molecule has 3 heterocycles. The highest BCUT2D eigenvalue weighted by Crippen LogP contribution is 2.36. The molecule has 3 aromatic rings. The summed E-state index contributed by atoms with van der Waals surface area (Å²) in [5.41, 5.74) is 1.00. The van der Waals surface area contributed by atoms with Gasteiger partial charge in [-0.15, -0.1) is 16.4 Å². The van der Waals surface area contributed by atoms with Gasteiger partial charge in [0.15, 0.2) is 0 Å². The van der Waals surface area contributed by atoms with E-state index in [0.29, 0.717) is 0 Å². The highest BCUT2D eigenvalue weighted by Gasteiger charge is 2.32. The third-order valence-corrected chi connectivity index (χ3v) is 4.99. The molecule has 0 bridgehead atoms. The first-order valence-electron chi connectivity index (χ1n) is 7.17. The number of hydrogen-bond donors (Lipinski definition) is 0. The first-order valence-corrected chi connectivity index (χ1v) is 7.98. The summed E-state index contributed by atoms with van der Waals surface area (Å²) in [5.74, 6) is 0.0362. The van der Waals surface area contributed by atoms with Gasteiger partial charge in [-0.25, -0.2) is 9.67 Å². The lowest BCUT2D eigenvalue weighted by Crippen LogP contribution is -2.33. The SMILES string of the molecule is O=C(Cn1cnnn1)N1CCCC1c1nc2ccccc2s1. The molecular weight excluding hydrogens is 300 g/mol. The molecule has 1 aliphatic heterocycles. The van der Waals surface area contributed by atoms with E-state index in [9.17, 15) is 4.79 Å². The maximum absolute atomic E-state index is 12.5. The number of nitrogens with zero attached hydrogens (tertiary/aromatic N) is 6. The van der Waals surface area contributed by atoms with Gasteiger partial charge in [-0.2, -0.15) is 0 Å². The zero-order valence-electron chi connectivity index (χ0n) is 11.8. The number of fused-ring (bicyclic) bond motifs is 1. The van der Waals surface area contributed by atoms with E-state index in [1.807, 2.05) is 23.1 Å². The summed E-state index contributed by atoms with van der Waals surface area (Å²) in [6.07, 6.45) is 3.42. The second-order valence-corrected chi connectivity index (χ2v) is 6.33. The molecule has 1 aliphatic rings. The number of benzene rings is 1. The predicted molar refractivity (Wildman–Crippen MR) is 81.1 cm³/mol. The molecule has 8 heteroatoms. The summed E-state index contributed by atoms with van der Waals surface area (Å²) in [7, 11) is 0. The largest absolute Gasteiger partial charge is 0.332 e. The normalized spacial score (nSPS) is 18.2. The fourth-order valence-corrected chi connectivity index (χ4v) is 3.95. The van der Waals surface area contributed by atoms with Crippen molar-refractivity contribution in [3.63, 3.8) is 0 Å². The van der Waals surface area contributed by atoms with Crippen molar-refractivity contribution in [3.8, 4) is 0 Å². The molecule has 22 heavy (non-hydrogen) atoms. The Morgan fingerprint density at radius 1 is 1.36 bits per heavy atom. The van der Waals surface area contributed by atoms with E-state index >= 15 is 0 Å². The Morgan fingerprint density at radius 2 is 2.27 bits per heavy atom. The number of amides is 1. The Kier molecular flexibility index (Phi) is 3.30.